The normalized spacial score (nSPS) is 18.1. The summed E-state index contributed by atoms with van der Waals surface area (Å²) in [4.78, 5) is 26.8. The molecule has 0 aromatic heterocycles. The fourth-order valence-corrected chi connectivity index (χ4v) is 3.26. The van der Waals surface area contributed by atoms with Gasteiger partial charge in [0.1, 0.15) is 5.75 Å². The van der Waals surface area contributed by atoms with Crippen LogP contribution in [0.2, 0.25) is 10.0 Å². The van der Waals surface area contributed by atoms with Gasteiger partial charge in [0.15, 0.2) is 6.61 Å². The van der Waals surface area contributed by atoms with E-state index in [-0.39, 0.29) is 25.1 Å². The lowest BCUT2D eigenvalue weighted by Gasteiger charge is -2.25. The van der Waals surface area contributed by atoms with Crippen molar-refractivity contribution in [3.05, 3.63) is 28.2 Å². The number of hydrogen-bond donors (Lipinski definition) is 1. The largest absolute Gasteiger partial charge is 0.482 e. The molecule has 1 N–H and O–H groups in total. The number of ether oxygens (including phenoxy) is 1. The minimum atomic E-state index is -0.841. The number of aliphatic carboxylic acids is 1. The maximum Gasteiger partial charge on any atom is 0.317 e. The van der Waals surface area contributed by atoms with Gasteiger partial charge in [-0.25, -0.2) is 0 Å². The molecule has 0 spiro atoms. The fraction of sp³-hybridized carbons (Fsp3) is 0.529. The van der Waals surface area contributed by atoms with Crippen molar-refractivity contribution in [1.82, 2.24) is 9.80 Å². The third-order valence-electron chi connectivity index (χ3n) is 4.30. The molecule has 0 bridgehead atoms. The third kappa shape index (κ3) is 6.06. The molecule has 1 aromatic carbocycles. The molecule has 2 rings (SSSR count). The van der Waals surface area contributed by atoms with E-state index < -0.39 is 5.97 Å². The lowest BCUT2D eigenvalue weighted by molar-refractivity contribution is -0.138. The smallest absolute Gasteiger partial charge is 0.317 e. The number of hydrogen-bond acceptors (Lipinski definition) is 4. The van der Waals surface area contributed by atoms with Crippen molar-refractivity contribution in [2.24, 2.45) is 0 Å². The van der Waals surface area contributed by atoms with Gasteiger partial charge >= 0.3 is 5.97 Å². The van der Waals surface area contributed by atoms with E-state index in [0.29, 0.717) is 28.9 Å². The molecular formula is C17H22Cl2N2O4. The average molecular weight is 389 g/mol. The van der Waals surface area contributed by atoms with Gasteiger partial charge in [-0.3, -0.25) is 14.5 Å². The Kier molecular flexibility index (Phi) is 7.35. The number of nitrogens with zero attached hydrogens (tertiary/aromatic N) is 2. The van der Waals surface area contributed by atoms with Crippen LogP contribution in [0.1, 0.15) is 19.3 Å². The Labute approximate surface area is 157 Å². The topological polar surface area (TPSA) is 70.1 Å². The minimum absolute atomic E-state index is 0.00892. The van der Waals surface area contributed by atoms with Gasteiger partial charge in [0.05, 0.1) is 11.6 Å². The summed E-state index contributed by atoms with van der Waals surface area (Å²) < 4.78 is 5.50. The standard InChI is InChI=1S/C17H22Cl2N2O4/c1-20(10-17(23)24)13-3-2-7-21(8-6-13)16(22)11-25-15-9-12(18)4-5-14(15)19/h4-5,9,13H,2-3,6-8,10-11H2,1H3,(H,23,24). The molecule has 138 valence electrons. The van der Waals surface area contributed by atoms with Crippen LogP contribution in [0.5, 0.6) is 5.75 Å². The molecule has 8 heteroatoms. The Balaban J connectivity index is 1.86. The molecule has 6 nitrogen and oxygen atoms in total. The molecule has 1 aliphatic rings. The molecule has 1 atom stereocenters. The zero-order chi connectivity index (χ0) is 18.4. The van der Waals surface area contributed by atoms with E-state index in [9.17, 15) is 9.59 Å². The summed E-state index contributed by atoms with van der Waals surface area (Å²) in [6.45, 7) is 1.13. The molecule has 1 amide bonds. The number of benzene rings is 1. The number of carbonyl (C=O) groups excluding carboxylic acids is 1. The lowest BCUT2D eigenvalue weighted by atomic mass is 10.1. The van der Waals surface area contributed by atoms with Crippen LogP contribution in [0.4, 0.5) is 0 Å². The monoisotopic (exact) mass is 388 g/mol. The van der Waals surface area contributed by atoms with Crippen molar-refractivity contribution in [2.45, 2.75) is 25.3 Å². The van der Waals surface area contributed by atoms with Gasteiger partial charge in [0.2, 0.25) is 0 Å². The minimum Gasteiger partial charge on any atom is -0.482 e. The van der Waals surface area contributed by atoms with Crippen molar-refractivity contribution < 1.29 is 19.4 Å². The first-order valence-corrected chi connectivity index (χ1v) is 8.90. The lowest BCUT2D eigenvalue weighted by Crippen LogP contribution is -2.38. The Bertz CT molecular complexity index is 627. The number of halogens is 2. The van der Waals surface area contributed by atoms with E-state index in [4.69, 9.17) is 33.0 Å². The highest BCUT2D eigenvalue weighted by molar-refractivity contribution is 6.34. The summed E-state index contributed by atoms with van der Waals surface area (Å²) in [5, 5.41) is 9.80. The van der Waals surface area contributed by atoms with Crippen molar-refractivity contribution >= 4 is 35.1 Å². The van der Waals surface area contributed by atoms with Gasteiger partial charge in [-0.2, -0.15) is 0 Å². The second kappa shape index (κ2) is 9.27. The van der Waals surface area contributed by atoms with Gasteiger partial charge in [-0.05, 0) is 38.4 Å². The van der Waals surface area contributed by atoms with E-state index in [1.54, 1.807) is 30.1 Å². The van der Waals surface area contributed by atoms with E-state index in [2.05, 4.69) is 0 Å². The number of likely N-dealkylation sites (tertiary alicyclic amines) is 1. The first-order valence-electron chi connectivity index (χ1n) is 8.14. The van der Waals surface area contributed by atoms with Gasteiger partial charge in [0, 0.05) is 30.2 Å². The van der Waals surface area contributed by atoms with Gasteiger partial charge < -0.3 is 14.7 Å². The molecule has 0 saturated carbocycles. The summed E-state index contributed by atoms with van der Waals surface area (Å²) >= 11 is 11.9. The summed E-state index contributed by atoms with van der Waals surface area (Å²) in [7, 11) is 1.81. The Morgan fingerprint density at radius 3 is 2.80 bits per heavy atom. The van der Waals surface area contributed by atoms with Crippen LogP contribution in [-0.2, 0) is 9.59 Å². The van der Waals surface area contributed by atoms with Crippen LogP contribution in [0, 0.1) is 0 Å². The van der Waals surface area contributed by atoms with Gasteiger partial charge in [-0.15, -0.1) is 0 Å². The number of carbonyl (C=O) groups is 2. The first kappa shape index (κ1) is 19.8. The highest BCUT2D eigenvalue weighted by Crippen LogP contribution is 2.27. The zero-order valence-electron chi connectivity index (χ0n) is 14.1. The number of amides is 1. The van der Waals surface area contributed by atoms with Crippen LogP contribution in [0.25, 0.3) is 0 Å². The summed E-state index contributed by atoms with van der Waals surface area (Å²) in [5.41, 5.74) is 0. The molecule has 25 heavy (non-hydrogen) atoms. The van der Waals surface area contributed by atoms with Crippen LogP contribution in [0.15, 0.2) is 18.2 Å². The number of rotatable bonds is 6. The molecule has 1 aliphatic heterocycles. The van der Waals surface area contributed by atoms with Crippen molar-refractivity contribution in [1.29, 1.82) is 0 Å². The highest BCUT2D eigenvalue weighted by Gasteiger charge is 2.24. The van der Waals surface area contributed by atoms with E-state index in [1.165, 1.54) is 0 Å². The van der Waals surface area contributed by atoms with Gasteiger partial charge in [-0.1, -0.05) is 23.2 Å². The Hall–Kier alpha value is -1.50. The Morgan fingerprint density at radius 1 is 1.32 bits per heavy atom. The average Bonchev–Trinajstić information content (AvgIpc) is 2.81. The first-order chi connectivity index (χ1) is 11.9. The van der Waals surface area contributed by atoms with Crippen LogP contribution in [-0.4, -0.2) is 66.1 Å². The second-order valence-corrected chi connectivity index (χ2v) is 6.98. The van der Waals surface area contributed by atoms with Crippen LogP contribution in [0.3, 0.4) is 0 Å². The predicted molar refractivity (Wildman–Crippen MR) is 96.4 cm³/mol. The molecule has 0 radical (unpaired) electrons. The number of carboxylic acid groups (broad SMARTS) is 1. The maximum atomic E-state index is 12.4. The molecule has 1 heterocycles. The van der Waals surface area contributed by atoms with E-state index in [0.717, 1.165) is 19.3 Å². The number of likely N-dealkylation sites (N-methyl/N-ethyl adjacent to an activating group) is 1. The maximum absolute atomic E-state index is 12.4. The van der Waals surface area contributed by atoms with Crippen LogP contribution >= 0.6 is 23.2 Å². The molecular weight excluding hydrogens is 367 g/mol. The van der Waals surface area contributed by atoms with Gasteiger partial charge in [0.25, 0.3) is 5.91 Å². The summed E-state index contributed by atoms with van der Waals surface area (Å²) in [6, 6.07) is 5.02. The molecule has 0 aliphatic carbocycles. The summed E-state index contributed by atoms with van der Waals surface area (Å²) in [6.07, 6.45) is 2.44. The molecule has 1 unspecified atom stereocenters. The molecule has 1 saturated heterocycles. The van der Waals surface area contributed by atoms with E-state index in [1.807, 2.05) is 4.90 Å². The molecule has 1 aromatic rings. The zero-order valence-corrected chi connectivity index (χ0v) is 15.6. The quantitative estimate of drug-likeness (QED) is 0.810. The second-order valence-electron chi connectivity index (χ2n) is 6.14. The predicted octanol–water partition coefficient (Wildman–Crippen LogP) is 2.77. The van der Waals surface area contributed by atoms with Crippen molar-refractivity contribution in [3.8, 4) is 5.75 Å². The SMILES string of the molecule is CN(CC(=O)O)C1CCCN(C(=O)COc2cc(Cl)ccc2Cl)CC1. The molecule has 1 fully saturated rings. The van der Waals surface area contributed by atoms with E-state index >= 15 is 0 Å². The Morgan fingerprint density at radius 2 is 2.08 bits per heavy atom. The summed E-state index contributed by atoms with van der Waals surface area (Å²) in [5.74, 6) is -0.569. The highest BCUT2D eigenvalue weighted by atomic mass is 35.5. The van der Waals surface area contributed by atoms with Crippen LogP contribution < -0.4 is 4.74 Å². The third-order valence-corrected chi connectivity index (χ3v) is 4.85. The van der Waals surface area contributed by atoms with Crippen molar-refractivity contribution in [2.75, 3.05) is 33.3 Å². The van der Waals surface area contributed by atoms with Crippen molar-refractivity contribution in [3.63, 3.8) is 0 Å². The fourth-order valence-electron chi connectivity index (χ4n) is 2.93. The number of carboxylic acids is 1.